The van der Waals surface area contributed by atoms with Crippen LogP contribution in [0.5, 0.6) is 0 Å². The Labute approximate surface area is 168 Å². The van der Waals surface area contributed by atoms with E-state index in [4.69, 9.17) is 11.6 Å². The molecular weight excluding hydrogens is 376 g/mol. The van der Waals surface area contributed by atoms with Crippen LogP contribution in [0.2, 0.25) is 5.02 Å². The quantitative estimate of drug-likeness (QED) is 0.599. The third-order valence-corrected chi connectivity index (χ3v) is 4.89. The van der Waals surface area contributed by atoms with E-state index in [1.54, 1.807) is 31.2 Å². The molecule has 28 heavy (non-hydrogen) atoms. The minimum Gasteiger partial charge on any atom is -0.354 e. The first kappa shape index (κ1) is 19.9. The van der Waals surface area contributed by atoms with Gasteiger partial charge in [0, 0.05) is 13.1 Å². The molecule has 1 heterocycles. The number of amides is 2. The second-order valence-corrected chi connectivity index (χ2v) is 7.03. The first-order valence-electron chi connectivity index (χ1n) is 9.22. The zero-order valence-electron chi connectivity index (χ0n) is 15.9. The van der Waals surface area contributed by atoms with Crippen LogP contribution in [0.25, 0.3) is 11.0 Å². The van der Waals surface area contributed by atoms with Crippen molar-refractivity contribution in [1.82, 2.24) is 20.2 Å². The molecule has 3 aromatic rings. The zero-order valence-corrected chi connectivity index (χ0v) is 16.7. The van der Waals surface area contributed by atoms with E-state index in [0.29, 0.717) is 17.1 Å². The highest BCUT2D eigenvalue weighted by atomic mass is 35.5. The number of nitrogens with zero attached hydrogens (tertiary/aromatic N) is 2. The molecule has 7 heteroatoms. The lowest BCUT2D eigenvalue weighted by Crippen LogP contribution is -2.45. The highest BCUT2D eigenvalue weighted by molar-refractivity contribution is 6.33. The molecule has 6 nitrogen and oxygen atoms in total. The van der Waals surface area contributed by atoms with E-state index in [9.17, 15) is 9.59 Å². The molecule has 1 atom stereocenters. The molecule has 2 amide bonds. The van der Waals surface area contributed by atoms with E-state index in [1.807, 2.05) is 31.2 Å². The van der Waals surface area contributed by atoms with Gasteiger partial charge in [-0.05, 0) is 44.5 Å². The number of halogens is 1. The van der Waals surface area contributed by atoms with Crippen LogP contribution >= 0.6 is 11.6 Å². The van der Waals surface area contributed by atoms with Crippen molar-refractivity contribution in [2.75, 3.05) is 6.54 Å². The van der Waals surface area contributed by atoms with Crippen LogP contribution < -0.4 is 10.6 Å². The molecule has 0 radical (unpaired) electrons. The lowest BCUT2D eigenvalue weighted by molar-refractivity contribution is -0.122. The van der Waals surface area contributed by atoms with Crippen LogP contribution in [0.1, 0.15) is 29.5 Å². The summed E-state index contributed by atoms with van der Waals surface area (Å²) in [6.07, 6.45) is 0.762. The van der Waals surface area contributed by atoms with Crippen LogP contribution in [0, 0.1) is 6.92 Å². The fourth-order valence-electron chi connectivity index (χ4n) is 3.07. The van der Waals surface area contributed by atoms with Crippen molar-refractivity contribution < 1.29 is 9.59 Å². The monoisotopic (exact) mass is 398 g/mol. The number of imidazole rings is 1. The predicted octanol–water partition coefficient (Wildman–Crippen LogP) is 3.32. The average Bonchev–Trinajstić information content (AvgIpc) is 3.00. The van der Waals surface area contributed by atoms with E-state index in [-0.39, 0.29) is 11.8 Å². The summed E-state index contributed by atoms with van der Waals surface area (Å²) in [5.41, 5.74) is 2.41. The number of benzene rings is 2. The Hall–Kier alpha value is -2.86. The number of aromatic nitrogens is 2. The van der Waals surface area contributed by atoms with E-state index in [0.717, 1.165) is 29.8 Å². The van der Waals surface area contributed by atoms with E-state index in [2.05, 4.69) is 20.2 Å². The van der Waals surface area contributed by atoms with Crippen LogP contribution in [0.15, 0.2) is 48.5 Å². The molecule has 1 unspecified atom stereocenters. The topological polar surface area (TPSA) is 76.0 Å². The second-order valence-electron chi connectivity index (χ2n) is 6.62. The number of carbonyl (C=O) groups is 2. The Morgan fingerprint density at radius 1 is 1.14 bits per heavy atom. The lowest BCUT2D eigenvalue weighted by Gasteiger charge is -2.15. The third-order valence-electron chi connectivity index (χ3n) is 4.56. The van der Waals surface area contributed by atoms with Gasteiger partial charge < -0.3 is 15.2 Å². The summed E-state index contributed by atoms with van der Waals surface area (Å²) in [6.45, 7) is 4.90. The van der Waals surface area contributed by atoms with Gasteiger partial charge >= 0.3 is 0 Å². The molecule has 2 aromatic carbocycles. The summed E-state index contributed by atoms with van der Waals surface area (Å²) < 4.78 is 2.14. The van der Waals surface area contributed by atoms with Gasteiger partial charge in [0.15, 0.2) is 0 Å². The molecule has 0 fully saturated rings. The van der Waals surface area contributed by atoms with E-state index < -0.39 is 6.04 Å². The Balaban J connectivity index is 1.48. The molecule has 0 aliphatic heterocycles. The summed E-state index contributed by atoms with van der Waals surface area (Å²) in [6, 6.07) is 14.1. The van der Waals surface area contributed by atoms with Crippen molar-refractivity contribution in [1.29, 1.82) is 0 Å². The number of aryl methyl sites for hydroxylation is 2. The normalized spacial score (nSPS) is 12.0. The Bertz CT molecular complexity index is 999. The fraction of sp³-hybridized carbons (Fsp3) is 0.286. The molecule has 2 N–H and O–H groups in total. The van der Waals surface area contributed by atoms with Gasteiger partial charge in [-0.25, -0.2) is 4.98 Å². The number of carbonyl (C=O) groups excluding carboxylic acids is 2. The summed E-state index contributed by atoms with van der Waals surface area (Å²) >= 11 is 6.02. The summed E-state index contributed by atoms with van der Waals surface area (Å²) in [5.74, 6) is 0.356. The summed E-state index contributed by atoms with van der Waals surface area (Å²) in [4.78, 5) is 29.0. The van der Waals surface area contributed by atoms with E-state index >= 15 is 0 Å². The summed E-state index contributed by atoms with van der Waals surface area (Å²) in [5, 5.41) is 5.89. The number of para-hydroxylation sites is 2. The minimum absolute atomic E-state index is 0.229. The van der Waals surface area contributed by atoms with Gasteiger partial charge in [-0.15, -0.1) is 0 Å². The largest absolute Gasteiger partial charge is 0.354 e. The van der Waals surface area contributed by atoms with Crippen LogP contribution in [0.4, 0.5) is 0 Å². The van der Waals surface area contributed by atoms with Crippen LogP contribution in [-0.4, -0.2) is 34.0 Å². The standard InChI is InChI=1S/C21H23ClN4O2/c1-14(24-21(28)16-8-3-4-9-17(16)22)20(27)23-12-7-13-26-15(2)25-18-10-5-6-11-19(18)26/h3-6,8-11,14H,7,12-13H2,1-2H3,(H,23,27)(H,24,28). The minimum atomic E-state index is -0.653. The Morgan fingerprint density at radius 3 is 2.64 bits per heavy atom. The fourth-order valence-corrected chi connectivity index (χ4v) is 3.29. The van der Waals surface area contributed by atoms with Crippen molar-refractivity contribution in [3.8, 4) is 0 Å². The van der Waals surface area contributed by atoms with Gasteiger partial charge in [0.2, 0.25) is 5.91 Å². The lowest BCUT2D eigenvalue weighted by atomic mass is 10.2. The van der Waals surface area contributed by atoms with Gasteiger partial charge in [-0.1, -0.05) is 35.9 Å². The maximum Gasteiger partial charge on any atom is 0.253 e. The molecule has 0 aliphatic carbocycles. The number of hydrogen-bond acceptors (Lipinski definition) is 3. The van der Waals surface area contributed by atoms with Crippen LogP contribution in [-0.2, 0) is 11.3 Å². The maximum absolute atomic E-state index is 12.3. The zero-order chi connectivity index (χ0) is 20.1. The van der Waals surface area contributed by atoms with Gasteiger partial charge in [0.1, 0.15) is 11.9 Å². The number of fused-ring (bicyclic) bond motifs is 1. The van der Waals surface area contributed by atoms with Crippen molar-refractivity contribution in [3.05, 3.63) is 64.9 Å². The van der Waals surface area contributed by atoms with Gasteiger partial charge in [-0.3, -0.25) is 9.59 Å². The molecule has 0 saturated carbocycles. The first-order chi connectivity index (χ1) is 13.5. The molecule has 0 spiro atoms. The van der Waals surface area contributed by atoms with Gasteiger partial charge in [0.25, 0.3) is 5.91 Å². The van der Waals surface area contributed by atoms with Crippen molar-refractivity contribution in [2.24, 2.45) is 0 Å². The predicted molar refractivity (Wildman–Crippen MR) is 110 cm³/mol. The SMILES string of the molecule is Cc1nc2ccccc2n1CCCNC(=O)C(C)NC(=O)c1ccccc1Cl. The number of rotatable bonds is 7. The van der Waals surface area contributed by atoms with Gasteiger partial charge in [-0.2, -0.15) is 0 Å². The van der Waals surface area contributed by atoms with Crippen molar-refractivity contribution in [2.45, 2.75) is 32.9 Å². The summed E-state index contributed by atoms with van der Waals surface area (Å²) in [7, 11) is 0. The average molecular weight is 399 g/mol. The molecule has 1 aromatic heterocycles. The molecule has 146 valence electrons. The Kier molecular flexibility index (Phi) is 6.31. The van der Waals surface area contributed by atoms with E-state index in [1.165, 1.54) is 0 Å². The molecule has 0 bridgehead atoms. The molecular formula is C21H23ClN4O2. The smallest absolute Gasteiger partial charge is 0.253 e. The first-order valence-corrected chi connectivity index (χ1v) is 9.60. The Morgan fingerprint density at radius 2 is 1.86 bits per heavy atom. The molecule has 0 saturated heterocycles. The van der Waals surface area contributed by atoms with Crippen molar-refractivity contribution >= 4 is 34.4 Å². The molecule has 0 aliphatic rings. The molecule has 3 rings (SSSR count). The highest BCUT2D eigenvalue weighted by Crippen LogP contribution is 2.16. The number of hydrogen-bond donors (Lipinski definition) is 2. The third kappa shape index (κ3) is 4.51. The van der Waals surface area contributed by atoms with Crippen molar-refractivity contribution in [3.63, 3.8) is 0 Å². The van der Waals surface area contributed by atoms with Crippen LogP contribution in [0.3, 0.4) is 0 Å². The van der Waals surface area contributed by atoms with Gasteiger partial charge in [0.05, 0.1) is 21.6 Å². The maximum atomic E-state index is 12.3. The highest BCUT2D eigenvalue weighted by Gasteiger charge is 2.17. The number of nitrogens with one attached hydrogen (secondary N) is 2. The second kappa shape index (κ2) is 8.89.